The molecule has 1 rings (SSSR count). The van der Waals surface area contributed by atoms with Gasteiger partial charge in [0.25, 0.3) is 0 Å². The summed E-state index contributed by atoms with van der Waals surface area (Å²) in [5.41, 5.74) is 0. The molecule has 0 aromatic carbocycles. The van der Waals surface area contributed by atoms with Gasteiger partial charge < -0.3 is 10.1 Å². The van der Waals surface area contributed by atoms with E-state index in [0.29, 0.717) is 18.4 Å². The number of ether oxygens (including phenoxy) is 1. The normalized spacial score (nSPS) is 26.2. The van der Waals surface area contributed by atoms with Gasteiger partial charge in [0.2, 0.25) is 0 Å². The first kappa shape index (κ1) is 13.8. The van der Waals surface area contributed by atoms with Crippen LogP contribution in [-0.4, -0.2) is 32.0 Å². The highest BCUT2D eigenvalue weighted by atomic mass is 19.4. The van der Waals surface area contributed by atoms with Gasteiger partial charge in [-0.25, -0.2) is 0 Å². The Hall–Kier alpha value is -0.290. The summed E-state index contributed by atoms with van der Waals surface area (Å²) in [6, 6.07) is 0.544. The van der Waals surface area contributed by atoms with Gasteiger partial charge in [-0.3, -0.25) is 0 Å². The second-order valence-corrected chi connectivity index (χ2v) is 4.49. The lowest BCUT2D eigenvalue weighted by Gasteiger charge is -2.17. The Morgan fingerprint density at radius 1 is 1.31 bits per heavy atom. The molecule has 1 aliphatic carbocycles. The Morgan fingerprint density at radius 3 is 2.62 bits per heavy atom. The van der Waals surface area contributed by atoms with E-state index in [9.17, 15) is 13.2 Å². The Balaban J connectivity index is 1.92. The van der Waals surface area contributed by atoms with Crippen LogP contribution in [0.4, 0.5) is 13.2 Å². The van der Waals surface area contributed by atoms with E-state index >= 15 is 0 Å². The van der Waals surface area contributed by atoms with E-state index in [0.717, 1.165) is 6.54 Å². The van der Waals surface area contributed by atoms with Gasteiger partial charge in [0.05, 0.1) is 0 Å². The Labute approximate surface area is 94.5 Å². The second-order valence-electron chi connectivity index (χ2n) is 4.49. The van der Waals surface area contributed by atoms with Crippen LogP contribution in [-0.2, 0) is 4.74 Å². The van der Waals surface area contributed by atoms with Crippen molar-refractivity contribution in [3.05, 3.63) is 0 Å². The fourth-order valence-electron chi connectivity index (χ4n) is 2.10. The predicted molar refractivity (Wildman–Crippen MR) is 56.3 cm³/mol. The van der Waals surface area contributed by atoms with Crippen molar-refractivity contribution in [1.29, 1.82) is 0 Å². The summed E-state index contributed by atoms with van der Waals surface area (Å²) < 4.78 is 39.7. The molecule has 0 aromatic rings. The summed E-state index contributed by atoms with van der Waals surface area (Å²) in [5.74, 6) is 0.691. The number of rotatable bonds is 6. The quantitative estimate of drug-likeness (QED) is 0.720. The smallest absolute Gasteiger partial charge is 0.372 e. The van der Waals surface area contributed by atoms with Crippen LogP contribution in [0, 0.1) is 5.92 Å². The van der Waals surface area contributed by atoms with E-state index in [1.165, 1.54) is 19.3 Å². The molecule has 96 valence electrons. The Bertz CT molecular complexity index is 196. The molecule has 0 spiro atoms. The summed E-state index contributed by atoms with van der Waals surface area (Å²) in [7, 11) is 0. The molecule has 2 atom stereocenters. The zero-order valence-corrected chi connectivity index (χ0v) is 9.65. The minimum Gasteiger partial charge on any atom is -0.372 e. The molecule has 16 heavy (non-hydrogen) atoms. The van der Waals surface area contributed by atoms with Crippen molar-refractivity contribution < 1.29 is 17.9 Å². The Kier molecular flexibility index (Phi) is 5.55. The Morgan fingerprint density at radius 2 is 2.06 bits per heavy atom. The number of nitrogens with one attached hydrogen (secondary N) is 1. The molecule has 0 bridgehead atoms. The summed E-state index contributed by atoms with van der Waals surface area (Å²) in [6.07, 6.45) is 0.128. The van der Waals surface area contributed by atoms with Gasteiger partial charge in [-0.1, -0.05) is 13.3 Å². The molecule has 0 amide bonds. The first-order chi connectivity index (χ1) is 7.49. The van der Waals surface area contributed by atoms with Crippen LogP contribution < -0.4 is 5.32 Å². The number of hydrogen-bond donors (Lipinski definition) is 1. The summed E-state index contributed by atoms with van der Waals surface area (Å²) in [5, 5.41) is 3.37. The SMILES string of the molecule is CC1CCCC1NCCCOCC(F)(F)F. The zero-order chi connectivity index (χ0) is 12.0. The van der Waals surface area contributed by atoms with Gasteiger partial charge in [0, 0.05) is 12.6 Å². The van der Waals surface area contributed by atoms with Crippen molar-refractivity contribution in [2.45, 2.75) is 44.8 Å². The third-order valence-electron chi connectivity index (χ3n) is 3.00. The predicted octanol–water partition coefficient (Wildman–Crippen LogP) is 2.73. The first-order valence-corrected chi connectivity index (χ1v) is 5.87. The van der Waals surface area contributed by atoms with Gasteiger partial charge in [0.1, 0.15) is 6.61 Å². The fraction of sp³-hybridized carbons (Fsp3) is 1.00. The largest absolute Gasteiger partial charge is 0.411 e. The van der Waals surface area contributed by atoms with Crippen LogP contribution >= 0.6 is 0 Å². The van der Waals surface area contributed by atoms with Gasteiger partial charge in [0.15, 0.2) is 0 Å². The zero-order valence-electron chi connectivity index (χ0n) is 9.65. The van der Waals surface area contributed by atoms with Crippen LogP contribution in [0.3, 0.4) is 0 Å². The van der Waals surface area contributed by atoms with Gasteiger partial charge in [-0.05, 0) is 31.7 Å². The summed E-state index contributed by atoms with van der Waals surface area (Å²) in [4.78, 5) is 0. The lowest BCUT2D eigenvalue weighted by molar-refractivity contribution is -0.173. The standard InChI is InChI=1S/C11H20F3NO/c1-9-4-2-5-10(9)15-6-3-7-16-8-11(12,13)14/h9-10,15H,2-8H2,1H3. The number of hydrogen-bond acceptors (Lipinski definition) is 2. The molecule has 0 radical (unpaired) electrons. The molecule has 2 unspecified atom stereocenters. The lowest BCUT2D eigenvalue weighted by atomic mass is 10.1. The van der Waals surface area contributed by atoms with Crippen molar-refractivity contribution in [3.8, 4) is 0 Å². The third kappa shape index (κ3) is 5.70. The fourth-order valence-corrected chi connectivity index (χ4v) is 2.10. The molecule has 5 heteroatoms. The maximum absolute atomic E-state index is 11.7. The van der Waals surface area contributed by atoms with Gasteiger partial charge >= 0.3 is 6.18 Å². The maximum Gasteiger partial charge on any atom is 0.411 e. The van der Waals surface area contributed by atoms with Crippen molar-refractivity contribution in [2.24, 2.45) is 5.92 Å². The molecule has 0 saturated heterocycles. The molecule has 2 nitrogen and oxygen atoms in total. The van der Waals surface area contributed by atoms with E-state index in [4.69, 9.17) is 0 Å². The van der Waals surface area contributed by atoms with Gasteiger partial charge in [-0.15, -0.1) is 0 Å². The van der Waals surface area contributed by atoms with Crippen LogP contribution in [0.1, 0.15) is 32.6 Å². The van der Waals surface area contributed by atoms with Crippen molar-refractivity contribution in [2.75, 3.05) is 19.8 Å². The minimum absolute atomic E-state index is 0.174. The topological polar surface area (TPSA) is 21.3 Å². The molecular formula is C11H20F3NO. The molecule has 0 aromatic heterocycles. The molecule has 1 N–H and O–H groups in total. The average Bonchev–Trinajstić information content (AvgIpc) is 2.56. The van der Waals surface area contributed by atoms with E-state index in [1.807, 2.05) is 0 Å². The van der Waals surface area contributed by atoms with Crippen LogP contribution in [0.5, 0.6) is 0 Å². The molecule has 0 heterocycles. The van der Waals surface area contributed by atoms with Crippen molar-refractivity contribution in [1.82, 2.24) is 5.32 Å². The number of alkyl halides is 3. The molecule has 1 fully saturated rings. The van der Waals surface area contributed by atoms with Crippen LogP contribution in [0.25, 0.3) is 0 Å². The third-order valence-corrected chi connectivity index (χ3v) is 3.00. The van der Waals surface area contributed by atoms with E-state index in [-0.39, 0.29) is 6.61 Å². The highest BCUT2D eigenvalue weighted by Gasteiger charge is 2.27. The monoisotopic (exact) mass is 239 g/mol. The van der Waals surface area contributed by atoms with Gasteiger partial charge in [-0.2, -0.15) is 13.2 Å². The highest BCUT2D eigenvalue weighted by Crippen LogP contribution is 2.24. The summed E-state index contributed by atoms with van der Waals surface area (Å²) in [6.45, 7) is 2.00. The molecule has 1 aliphatic rings. The number of halogens is 3. The van der Waals surface area contributed by atoms with E-state index in [1.54, 1.807) is 0 Å². The minimum atomic E-state index is -4.20. The molecular weight excluding hydrogens is 219 g/mol. The summed E-state index contributed by atoms with van der Waals surface area (Å²) >= 11 is 0. The van der Waals surface area contributed by atoms with E-state index < -0.39 is 12.8 Å². The lowest BCUT2D eigenvalue weighted by Crippen LogP contribution is -2.32. The van der Waals surface area contributed by atoms with Crippen molar-refractivity contribution >= 4 is 0 Å². The molecule has 0 aliphatic heterocycles. The second kappa shape index (κ2) is 6.45. The van der Waals surface area contributed by atoms with Crippen molar-refractivity contribution in [3.63, 3.8) is 0 Å². The first-order valence-electron chi connectivity index (χ1n) is 5.87. The maximum atomic E-state index is 11.7. The highest BCUT2D eigenvalue weighted by molar-refractivity contribution is 4.79. The average molecular weight is 239 g/mol. The van der Waals surface area contributed by atoms with E-state index in [2.05, 4.69) is 17.0 Å². The van der Waals surface area contributed by atoms with Crippen LogP contribution in [0.2, 0.25) is 0 Å². The molecule has 1 saturated carbocycles. The van der Waals surface area contributed by atoms with Crippen LogP contribution in [0.15, 0.2) is 0 Å².